The summed E-state index contributed by atoms with van der Waals surface area (Å²) in [7, 11) is 0. The molecule has 0 amide bonds. The Morgan fingerprint density at radius 3 is 2.47 bits per heavy atom. The van der Waals surface area contributed by atoms with E-state index in [1.165, 1.54) is 0 Å². The van der Waals surface area contributed by atoms with E-state index in [0.717, 1.165) is 38.2 Å². The molecule has 0 spiro atoms. The van der Waals surface area contributed by atoms with Gasteiger partial charge in [0.1, 0.15) is 5.69 Å². The van der Waals surface area contributed by atoms with Crippen molar-refractivity contribution in [3.63, 3.8) is 0 Å². The van der Waals surface area contributed by atoms with Crippen molar-refractivity contribution in [2.75, 3.05) is 25.0 Å². The largest absolute Gasteiger partial charge is 0.379 e. The fourth-order valence-corrected chi connectivity index (χ4v) is 2.01. The molecule has 0 aromatic heterocycles. The number of nitro groups is 1. The highest BCUT2D eigenvalue weighted by Crippen LogP contribution is 2.29. The van der Waals surface area contributed by atoms with Crippen LogP contribution in [0.1, 0.15) is 32.8 Å². The molecular formula is C14H23N3O2. The van der Waals surface area contributed by atoms with Gasteiger partial charge in [-0.2, -0.15) is 0 Å². The van der Waals surface area contributed by atoms with Gasteiger partial charge in [0.15, 0.2) is 0 Å². The number of anilines is 1. The Morgan fingerprint density at radius 2 is 1.95 bits per heavy atom. The van der Waals surface area contributed by atoms with Gasteiger partial charge in [-0.25, -0.2) is 0 Å². The van der Waals surface area contributed by atoms with Crippen LogP contribution in [0, 0.1) is 10.1 Å². The van der Waals surface area contributed by atoms with E-state index in [1.54, 1.807) is 12.1 Å². The third-order valence-electron chi connectivity index (χ3n) is 3.17. The van der Waals surface area contributed by atoms with Crippen molar-refractivity contribution in [3.05, 3.63) is 33.9 Å². The first-order chi connectivity index (χ1) is 9.13. The molecule has 0 aliphatic rings. The Morgan fingerprint density at radius 1 is 1.26 bits per heavy atom. The third-order valence-corrected chi connectivity index (χ3v) is 3.17. The highest BCUT2D eigenvalue weighted by atomic mass is 16.6. The average Bonchev–Trinajstić information content (AvgIpc) is 2.42. The zero-order valence-electron chi connectivity index (χ0n) is 12.0. The Hall–Kier alpha value is -1.62. The summed E-state index contributed by atoms with van der Waals surface area (Å²) in [4.78, 5) is 13.0. The molecule has 106 valence electrons. The number of hydrogen-bond acceptors (Lipinski definition) is 4. The van der Waals surface area contributed by atoms with E-state index in [-0.39, 0.29) is 10.6 Å². The smallest absolute Gasteiger partial charge is 0.292 e. The van der Waals surface area contributed by atoms with E-state index in [1.807, 2.05) is 13.0 Å². The van der Waals surface area contributed by atoms with Crippen molar-refractivity contribution in [2.45, 2.75) is 33.7 Å². The van der Waals surface area contributed by atoms with Crippen LogP contribution in [-0.2, 0) is 6.54 Å². The maximum atomic E-state index is 11.1. The minimum Gasteiger partial charge on any atom is -0.379 e. The van der Waals surface area contributed by atoms with E-state index < -0.39 is 0 Å². The van der Waals surface area contributed by atoms with Gasteiger partial charge < -0.3 is 5.32 Å². The van der Waals surface area contributed by atoms with Gasteiger partial charge in [0.2, 0.25) is 0 Å². The number of rotatable bonds is 8. The highest BCUT2D eigenvalue weighted by molar-refractivity contribution is 5.66. The summed E-state index contributed by atoms with van der Waals surface area (Å²) in [5.41, 5.74) is 1.82. The lowest BCUT2D eigenvalue weighted by atomic mass is 10.1. The van der Waals surface area contributed by atoms with Crippen molar-refractivity contribution in [2.24, 2.45) is 0 Å². The van der Waals surface area contributed by atoms with E-state index in [9.17, 15) is 10.1 Å². The van der Waals surface area contributed by atoms with Gasteiger partial charge in [0, 0.05) is 19.2 Å². The summed E-state index contributed by atoms with van der Waals surface area (Å²) in [6.07, 6.45) is 0.941. The summed E-state index contributed by atoms with van der Waals surface area (Å²) in [6, 6.07) is 5.28. The highest BCUT2D eigenvalue weighted by Gasteiger charge is 2.17. The number of hydrogen-bond donors (Lipinski definition) is 1. The molecule has 5 heteroatoms. The van der Waals surface area contributed by atoms with Crippen molar-refractivity contribution in [3.8, 4) is 0 Å². The van der Waals surface area contributed by atoms with Crippen LogP contribution in [0.4, 0.5) is 11.4 Å². The topological polar surface area (TPSA) is 58.4 Å². The van der Waals surface area contributed by atoms with Gasteiger partial charge >= 0.3 is 0 Å². The Balaban J connectivity index is 3.06. The minimum absolute atomic E-state index is 0.165. The van der Waals surface area contributed by atoms with Gasteiger partial charge in [-0.05, 0) is 25.1 Å². The van der Waals surface area contributed by atoms with E-state index in [2.05, 4.69) is 24.1 Å². The minimum atomic E-state index is -0.316. The van der Waals surface area contributed by atoms with Gasteiger partial charge in [0.05, 0.1) is 4.92 Å². The fraction of sp³-hybridized carbons (Fsp3) is 0.571. The monoisotopic (exact) mass is 265 g/mol. The molecule has 1 aromatic carbocycles. The predicted molar refractivity (Wildman–Crippen MR) is 78.5 cm³/mol. The SMILES string of the molecule is CCCNc1c(CN(CC)CC)cccc1[N+](=O)[O-]. The zero-order valence-corrected chi connectivity index (χ0v) is 12.0. The molecule has 0 unspecified atom stereocenters. The average molecular weight is 265 g/mol. The summed E-state index contributed by atoms with van der Waals surface area (Å²) < 4.78 is 0. The Labute approximate surface area is 114 Å². The number of para-hydroxylation sites is 1. The van der Waals surface area contributed by atoms with Gasteiger partial charge in [-0.3, -0.25) is 15.0 Å². The maximum Gasteiger partial charge on any atom is 0.292 e. The quantitative estimate of drug-likeness (QED) is 0.579. The summed E-state index contributed by atoms with van der Waals surface area (Å²) >= 11 is 0. The lowest BCUT2D eigenvalue weighted by Crippen LogP contribution is -2.23. The van der Waals surface area contributed by atoms with Gasteiger partial charge in [-0.15, -0.1) is 0 Å². The molecule has 0 heterocycles. The van der Waals surface area contributed by atoms with Crippen LogP contribution in [0.5, 0.6) is 0 Å². The Bertz CT molecular complexity index is 417. The molecule has 0 radical (unpaired) electrons. The second-order valence-electron chi connectivity index (χ2n) is 4.46. The van der Waals surface area contributed by atoms with Crippen LogP contribution in [0.3, 0.4) is 0 Å². The number of nitrogens with zero attached hydrogens (tertiary/aromatic N) is 2. The molecule has 1 rings (SSSR count). The summed E-state index contributed by atoms with van der Waals surface area (Å²) in [5.74, 6) is 0. The van der Waals surface area contributed by atoms with Crippen molar-refractivity contribution < 1.29 is 4.92 Å². The predicted octanol–water partition coefficient (Wildman–Crippen LogP) is 3.26. The lowest BCUT2D eigenvalue weighted by molar-refractivity contribution is -0.384. The second-order valence-corrected chi connectivity index (χ2v) is 4.46. The van der Waals surface area contributed by atoms with Crippen LogP contribution in [0.2, 0.25) is 0 Å². The zero-order chi connectivity index (χ0) is 14.3. The molecule has 0 bridgehead atoms. The molecule has 5 nitrogen and oxygen atoms in total. The van der Waals surface area contributed by atoms with Crippen LogP contribution >= 0.6 is 0 Å². The summed E-state index contributed by atoms with van der Waals surface area (Å²) in [5, 5.41) is 14.3. The van der Waals surface area contributed by atoms with Gasteiger partial charge in [0.25, 0.3) is 5.69 Å². The van der Waals surface area contributed by atoms with Crippen LogP contribution in [0.25, 0.3) is 0 Å². The second kappa shape index (κ2) is 7.74. The number of nitro benzene ring substituents is 1. The molecule has 0 saturated carbocycles. The normalized spacial score (nSPS) is 10.7. The summed E-state index contributed by atoms with van der Waals surface area (Å²) in [6.45, 7) is 9.60. The van der Waals surface area contributed by atoms with E-state index in [4.69, 9.17) is 0 Å². The first-order valence-corrected chi connectivity index (χ1v) is 6.86. The number of benzene rings is 1. The number of nitrogens with one attached hydrogen (secondary N) is 1. The van der Waals surface area contributed by atoms with Crippen molar-refractivity contribution in [1.29, 1.82) is 0 Å². The molecule has 19 heavy (non-hydrogen) atoms. The first-order valence-electron chi connectivity index (χ1n) is 6.86. The van der Waals surface area contributed by atoms with Crippen molar-refractivity contribution in [1.82, 2.24) is 4.90 Å². The molecule has 0 aliphatic carbocycles. The first kappa shape index (κ1) is 15.4. The Kier molecular flexibility index (Phi) is 6.29. The van der Waals surface area contributed by atoms with Crippen LogP contribution < -0.4 is 5.32 Å². The standard InChI is InChI=1S/C14H23N3O2/c1-4-10-15-14-12(11-16(5-2)6-3)8-7-9-13(14)17(18)19/h7-9,15H,4-6,10-11H2,1-3H3. The van der Waals surface area contributed by atoms with Crippen LogP contribution in [0.15, 0.2) is 18.2 Å². The van der Waals surface area contributed by atoms with Crippen molar-refractivity contribution >= 4 is 11.4 Å². The van der Waals surface area contributed by atoms with Crippen LogP contribution in [-0.4, -0.2) is 29.5 Å². The molecular weight excluding hydrogens is 242 g/mol. The molecule has 0 fully saturated rings. The maximum absolute atomic E-state index is 11.1. The third kappa shape index (κ3) is 4.21. The fourth-order valence-electron chi connectivity index (χ4n) is 2.01. The molecule has 0 aliphatic heterocycles. The van der Waals surface area contributed by atoms with E-state index in [0.29, 0.717) is 5.69 Å². The molecule has 0 atom stereocenters. The molecule has 0 saturated heterocycles. The molecule has 1 aromatic rings. The van der Waals surface area contributed by atoms with E-state index >= 15 is 0 Å². The van der Waals surface area contributed by atoms with Gasteiger partial charge in [-0.1, -0.05) is 32.9 Å². The lowest BCUT2D eigenvalue weighted by Gasteiger charge is -2.20. The molecule has 1 N–H and O–H groups in total.